The van der Waals surface area contributed by atoms with E-state index in [1.807, 2.05) is 6.07 Å². The summed E-state index contributed by atoms with van der Waals surface area (Å²) < 4.78 is 19.0. The molecular weight excluding hydrogens is 568 g/mol. The Morgan fingerprint density at radius 1 is 0.657 bits per heavy atom. The normalized spacial score (nSPS) is 11.2. The molecule has 0 atom stereocenters. The van der Waals surface area contributed by atoms with Gasteiger partial charge >= 0.3 is 0 Å². The van der Waals surface area contributed by atoms with Gasteiger partial charge in [0, 0.05) is 5.33 Å². The summed E-state index contributed by atoms with van der Waals surface area (Å²) in [6.07, 6.45) is 10.3. The first kappa shape index (κ1) is 28.0. The Morgan fingerprint density at radius 2 is 1.29 bits per heavy atom. The molecule has 0 saturated heterocycles. The van der Waals surface area contributed by atoms with E-state index in [4.69, 9.17) is 14.2 Å². The largest absolute Gasteiger partial charge is 0.492 e. The number of alkyl halides is 1. The highest BCUT2D eigenvalue weighted by Crippen LogP contribution is 2.36. The summed E-state index contributed by atoms with van der Waals surface area (Å²) in [6.45, 7) is 4.63. The summed E-state index contributed by atoms with van der Waals surface area (Å²) >= 11 is 7.13. The first-order chi connectivity index (χ1) is 17.2. The van der Waals surface area contributed by atoms with Crippen LogP contribution in [-0.4, -0.2) is 18.5 Å². The van der Waals surface area contributed by atoms with Crippen molar-refractivity contribution >= 4 is 42.6 Å². The third-order valence-corrected chi connectivity index (χ3v) is 7.11. The summed E-state index contributed by atoms with van der Waals surface area (Å²) in [6, 6.07) is 19.0. The van der Waals surface area contributed by atoms with Crippen LogP contribution in [0.3, 0.4) is 0 Å². The molecule has 5 heteroatoms. The predicted molar refractivity (Wildman–Crippen MR) is 154 cm³/mol. The molecule has 0 aliphatic heterocycles. The molecule has 190 valence electrons. The van der Waals surface area contributed by atoms with Gasteiger partial charge in [-0.1, -0.05) is 104 Å². The van der Waals surface area contributed by atoms with Crippen LogP contribution in [0.2, 0.25) is 0 Å². The molecule has 35 heavy (non-hydrogen) atoms. The van der Waals surface area contributed by atoms with Crippen LogP contribution in [0, 0.1) is 0 Å². The number of hydrogen-bond acceptors (Lipinski definition) is 3. The van der Waals surface area contributed by atoms with E-state index in [2.05, 4.69) is 87.3 Å². The molecule has 0 amide bonds. The Hall–Kier alpha value is -1.56. The van der Waals surface area contributed by atoms with E-state index in [0.29, 0.717) is 26.4 Å². The Bertz CT molecular complexity index is 1020. The average Bonchev–Trinajstić information content (AvgIpc) is 2.88. The highest BCUT2D eigenvalue weighted by atomic mass is 79.9. The van der Waals surface area contributed by atoms with Crippen molar-refractivity contribution in [3.05, 3.63) is 70.2 Å². The maximum Gasteiger partial charge on any atom is 0.137 e. The van der Waals surface area contributed by atoms with Crippen LogP contribution >= 0.6 is 31.9 Å². The second-order valence-electron chi connectivity index (χ2n) is 8.94. The molecule has 0 aliphatic carbocycles. The zero-order valence-corrected chi connectivity index (χ0v) is 24.0. The molecule has 0 bridgehead atoms. The van der Waals surface area contributed by atoms with Crippen LogP contribution in [0.15, 0.2) is 59.1 Å². The summed E-state index contributed by atoms with van der Waals surface area (Å²) in [5.74, 6) is 1.62. The zero-order valence-electron chi connectivity index (χ0n) is 20.9. The number of fused-ring (bicyclic) bond motifs is 1. The molecule has 0 spiro atoms. The van der Waals surface area contributed by atoms with Crippen LogP contribution in [0.4, 0.5) is 0 Å². The first-order valence-electron chi connectivity index (χ1n) is 12.9. The van der Waals surface area contributed by atoms with Gasteiger partial charge in [-0.15, -0.1) is 0 Å². The third kappa shape index (κ3) is 9.78. The predicted octanol–water partition coefficient (Wildman–Crippen LogP) is 9.61. The van der Waals surface area contributed by atoms with Gasteiger partial charge < -0.3 is 14.2 Å². The van der Waals surface area contributed by atoms with E-state index < -0.39 is 0 Å². The van der Waals surface area contributed by atoms with Gasteiger partial charge in [0.1, 0.15) is 16.0 Å². The van der Waals surface area contributed by atoms with Crippen molar-refractivity contribution in [2.45, 2.75) is 71.5 Å². The molecule has 0 N–H and O–H groups in total. The number of ether oxygens (including phenoxy) is 3. The maximum absolute atomic E-state index is 6.16. The van der Waals surface area contributed by atoms with Gasteiger partial charge in [-0.2, -0.15) is 0 Å². The second-order valence-corrected chi connectivity index (χ2v) is 10.5. The van der Waals surface area contributed by atoms with Crippen molar-refractivity contribution < 1.29 is 14.2 Å². The van der Waals surface area contributed by atoms with Gasteiger partial charge in [0.25, 0.3) is 0 Å². The number of benzene rings is 3. The number of hydrogen-bond donors (Lipinski definition) is 0. The maximum atomic E-state index is 6.16. The van der Waals surface area contributed by atoms with Crippen LogP contribution in [0.5, 0.6) is 11.5 Å². The van der Waals surface area contributed by atoms with E-state index in [0.717, 1.165) is 33.3 Å². The molecule has 0 aliphatic rings. The van der Waals surface area contributed by atoms with Gasteiger partial charge in [0.05, 0.1) is 26.4 Å². The summed E-state index contributed by atoms with van der Waals surface area (Å²) in [5, 5.41) is 3.26. The molecule has 3 aromatic carbocycles. The van der Waals surface area contributed by atoms with E-state index in [9.17, 15) is 0 Å². The summed E-state index contributed by atoms with van der Waals surface area (Å²) in [7, 11) is 0. The van der Waals surface area contributed by atoms with Gasteiger partial charge in [0.15, 0.2) is 0 Å². The molecule has 0 unspecified atom stereocenters. The molecule has 0 radical (unpaired) electrons. The Kier molecular flexibility index (Phi) is 13.0. The molecule has 0 saturated carbocycles. The van der Waals surface area contributed by atoms with Crippen LogP contribution in [-0.2, 0) is 18.0 Å². The van der Waals surface area contributed by atoms with Crippen molar-refractivity contribution in [2.24, 2.45) is 0 Å². The Balaban J connectivity index is 1.52. The molecule has 3 rings (SSSR count). The van der Waals surface area contributed by atoms with Crippen molar-refractivity contribution in [1.82, 2.24) is 0 Å². The smallest absolute Gasteiger partial charge is 0.137 e. The lowest BCUT2D eigenvalue weighted by Crippen LogP contribution is -2.04. The number of unbranched alkanes of at least 4 members (excludes halogenated alkanes) is 7. The van der Waals surface area contributed by atoms with Crippen molar-refractivity contribution in [2.75, 3.05) is 18.5 Å². The number of rotatable bonds is 17. The highest BCUT2D eigenvalue weighted by Gasteiger charge is 2.12. The third-order valence-electron chi connectivity index (χ3n) is 6.01. The Labute approximate surface area is 227 Å². The van der Waals surface area contributed by atoms with Crippen LogP contribution in [0.25, 0.3) is 10.8 Å². The number of halogens is 2. The van der Waals surface area contributed by atoms with Gasteiger partial charge in [-0.3, -0.25) is 0 Å². The topological polar surface area (TPSA) is 27.7 Å². The fraction of sp³-hybridized carbons (Fsp3) is 0.467. The van der Waals surface area contributed by atoms with E-state index in [1.165, 1.54) is 61.3 Å². The van der Waals surface area contributed by atoms with Gasteiger partial charge in [-0.25, -0.2) is 0 Å². The lowest BCUT2D eigenvalue weighted by atomic mass is 10.1. The fourth-order valence-electron chi connectivity index (χ4n) is 4.10. The minimum Gasteiger partial charge on any atom is -0.492 e. The fourth-order valence-corrected chi connectivity index (χ4v) is 4.72. The SMILES string of the molecule is CCCCCCCCCCOc1cc(COCc2ccc3ccccc3c2)cc(OCCBr)c1Br. The highest BCUT2D eigenvalue weighted by molar-refractivity contribution is 9.10. The van der Waals surface area contributed by atoms with E-state index in [1.54, 1.807) is 0 Å². The lowest BCUT2D eigenvalue weighted by Gasteiger charge is -2.15. The molecular formula is C30H38Br2O3. The van der Waals surface area contributed by atoms with E-state index in [-0.39, 0.29) is 0 Å². The van der Waals surface area contributed by atoms with Crippen LogP contribution < -0.4 is 9.47 Å². The van der Waals surface area contributed by atoms with Crippen molar-refractivity contribution in [3.8, 4) is 11.5 Å². The first-order valence-corrected chi connectivity index (χ1v) is 14.8. The standard InChI is InChI=1S/C30H38Br2O3/c1-2-3-4-5-6-7-8-11-17-34-28-20-25(21-29(30(28)32)35-18-16-31)23-33-22-24-14-15-26-12-9-10-13-27(26)19-24/h9-10,12-15,19-21H,2-8,11,16-18,22-23H2,1H3. The van der Waals surface area contributed by atoms with Gasteiger partial charge in [0.2, 0.25) is 0 Å². The molecule has 0 heterocycles. The molecule has 0 fully saturated rings. The van der Waals surface area contributed by atoms with Crippen molar-refractivity contribution in [1.29, 1.82) is 0 Å². The Morgan fingerprint density at radius 3 is 2.00 bits per heavy atom. The minimum absolute atomic E-state index is 0.499. The lowest BCUT2D eigenvalue weighted by molar-refractivity contribution is 0.107. The second kappa shape index (κ2) is 16.2. The monoisotopic (exact) mass is 604 g/mol. The quantitative estimate of drug-likeness (QED) is 0.113. The summed E-state index contributed by atoms with van der Waals surface area (Å²) in [4.78, 5) is 0. The van der Waals surface area contributed by atoms with Crippen molar-refractivity contribution in [3.63, 3.8) is 0 Å². The van der Waals surface area contributed by atoms with Gasteiger partial charge in [-0.05, 0) is 62.4 Å². The zero-order chi connectivity index (χ0) is 24.7. The minimum atomic E-state index is 0.499. The molecule has 3 nitrogen and oxygen atoms in total. The van der Waals surface area contributed by atoms with E-state index >= 15 is 0 Å². The molecule has 0 aromatic heterocycles. The molecule has 3 aromatic rings. The average molecular weight is 606 g/mol. The summed E-state index contributed by atoms with van der Waals surface area (Å²) in [5.41, 5.74) is 2.22. The van der Waals surface area contributed by atoms with Crippen LogP contribution in [0.1, 0.15) is 69.4 Å².